The molecule has 0 spiro atoms. The number of amidine groups is 1. The van der Waals surface area contributed by atoms with E-state index in [2.05, 4.69) is 10.9 Å². The van der Waals surface area contributed by atoms with E-state index in [0.29, 0.717) is 30.5 Å². The molecule has 26 heavy (non-hydrogen) atoms. The van der Waals surface area contributed by atoms with Crippen molar-refractivity contribution in [2.45, 2.75) is 25.0 Å². The van der Waals surface area contributed by atoms with Crippen molar-refractivity contribution < 1.29 is 18.7 Å². The summed E-state index contributed by atoms with van der Waals surface area (Å²) in [7, 11) is 0. The first kappa shape index (κ1) is 14.5. The van der Waals surface area contributed by atoms with Gasteiger partial charge in [-0.25, -0.2) is 4.99 Å². The molecule has 2 aliphatic carbocycles. The molecule has 2 N–H and O–H groups in total. The van der Waals surface area contributed by atoms with E-state index < -0.39 is 0 Å². The van der Waals surface area contributed by atoms with Crippen molar-refractivity contribution in [1.82, 2.24) is 10.9 Å². The summed E-state index contributed by atoms with van der Waals surface area (Å²) in [4.78, 5) is 17.6. The molecule has 0 amide bonds. The first-order valence-electron chi connectivity index (χ1n) is 8.89. The lowest BCUT2D eigenvalue weighted by atomic mass is 9.77. The Kier molecular flexibility index (Phi) is 2.90. The van der Waals surface area contributed by atoms with E-state index in [-0.39, 0.29) is 29.8 Å². The highest BCUT2D eigenvalue weighted by Gasteiger charge is 2.51. The van der Waals surface area contributed by atoms with Gasteiger partial charge in [0.15, 0.2) is 17.4 Å². The first-order chi connectivity index (χ1) is 12.8. The quantitative estimate of drug-likeness (QED) is 0.816. The predicted molar refractivity (Wildman–Crippen MR) is 91.9 cm³/mol. The van der Waals surface area contributed by atoms with Gasteiger partial charge in [-0.15, -0.1) is 0 Å². The fourth-order valence-corrected chi connectivity index (χ4v) is 4.54. The minimum atomic E-state index is -0.0870. The Labute approximate surface area is 149 Å². The molecule has 3 heterocycles. The maximum atomic E-state index is 12.8. The predicted octanol–water partition coefficient (Wildman–Crippen LogP) is 1.85. The second kappa shape index (κ2) is 5.18. The third-order valence-corrected chi connectivity index (χ3v) is 5.82. The summed E-state index contributed by atoms with van der Waals surface area (Å²) in [5.41, 5.74) is 8.26. The molecule has 1 aromatic carbocycles. The minimum absolute atomic E-state index is 0.0216. The molecule has 7 nitrogen and oxygen atoms in total. The van der Waals surface area contributed by atoms with Crippen molar-refractivity contribution in [2.24, 2.45) is 16.8 Å². The Morgan fingerprint density at radius 2 is 1.85 bits per heavy atom. The number of hydrazine groups is 1. The van der Waals surface area contributed by atoms with Crippen molar-refractivity contribution in [2.75, 3.05) is 6.79 Å². The van der Waals surface area contributed by atoms with Crippen molar-refractivity contribution >= 4 is 22.6 Å². The number of hydrogen-bond donors (Lipinski definition) is 2. The van der Waals surface area contributed by atoms with Gasteiger partial charge in [-0.1, -0.05) is 18.2 Å². The molecule has 2 fully saturated rings. The lowest BCUT2D eigenvalue weighted by Gasteiger charge is -2.32. The van der Waals surface area contributed by atoms with Crippen LogP contribution in [0.15, 0.2) is 51.1 Å². The number of para-hydroxylation sites is 1. The molecule has 7 heteroatoms. The molecule has 6 rings (SSSR count). The van der Waals surface area contributed by atoms with Crippen molar-refractivity contribution in [3.05, 3.63) is 47.5 Å². The molecular formula is C19H17N3O4. The fourth-order valence-electron chi connectivity index (χ4n) is 4.54. The molecule has 4 unspecified atom stereocenters. The lowest BCUT2D eigenvalue weighted by molar-refractivity contribution is -0.122. The molecule has 1 aromatic heterocycles. The van der Waals surface area contributed by atoms with Crippen LogP contribution in [0.5, 0.6) is 0 Å². The Morgan fingerprint density at radius 3 is 2.69 bits per heavy atom. The van der Waals surface area contributed by atoms with Gasteiger partial charge in [-0.3, -0.25) is 15.6 Å². The van der Waals surface area contributed by atoms with E-state index >= 15 is 0 Å². The highest BCUT2D eigenvalue weighted by Crippen LogP contribution is 2.47. The van der Waals surface area contributed by atoms with Crippen LogP contribution in [-0.2, 0) is 14.3 Å². The SMILES string of the molecule is O=C1C2=C(N=C(c3cc4ccccc4o3)NN2)C2CC3OCOC3CC12. The van der Waals surface area contributed by atoms with Crippen LogP contribution in [0.25, 0.3) is 11.0 Å². The molecule has 132 valence electrons. The van der Waals surface area contributed by atoms with Crippen LogP contribution in [0.4, 0.5) is 0 Å². The number of ether oxygens (including phenoxy) is 2. The third kappa shape index (κ3) is 1.95. The van der Waals surface area contributed by atoms with Gasteiger partial charge in [0.25, 0.3) is 0 Å². The van der Waals surface area contributed by atoms with Crippen molar-refractivity contribution in [3.8, 4) is 0 Å². The second-order valence-corrected chi connectivity index (χ2v) is 7.20. The standard InChI is InChI=1S/C19H17N3O4/c23-18-11-7-14-13(24-8-25-14)6-10(11)16-17(18)21-22-19(20-16)15-5-9-3-1-2-4-12(9)26-15/h1-5,10-11,13-14,21H,6-8H2,(H,20,22). The van der Waals surface area contributed by atoms with Crippen LogP contribution in [0.1, 0.15) is 18.6 Å². The van der Waals surface area contributed by atoms with Gasteiger partial charge in [-0.05, 0) is 25.0 Å². The zero-order valence-electron chi connectivity index (χ0n) is 13.9. The zero-order valence-corrected chi connectivity index (χ0v) is 13.9. The number of rotatable bonds is 1. The van der Waals surface area contributed by atoms with Gasteiger partial charge in [0.05, 0.1) is 17.9 Å². The van der Waals surface area contributed by atoms with E-state index in [4.69, 9.17) is 18.9 Å². The average Bonchev–Trinajstić information content (AvgIpc) is 3.37. The lowest BCUT2D eigenvalue weighted by Crippen LogP contribution is -2.42. The fraction of sp³-hybridized carbons (Fsp3) is 0.368. The van der Waals surface area contributed by atoms with E-state index in [1.54, 1.807) is 0 Å². The summed E-state index contributed by atoms with van der Waals surface area (Å²) < 4.78 is 17.2. The van der Waals surface area contributed by atoms with E-state index in [1.807, 2.05) is 30.3 Å². The maximum Gasteiger partial charge on any atom is 0.188 e. The van der Waals surface area contributed by atoms with Crippen LogP contribution in [0.3, 0.4) is 0 Å². The summed E-state index contributed by atoms with van der Waals surface area (Å²) in [5, 5.41) is 1.02. The van der Waals surface area contributed by atoms with Gasteiger partial charge >= 0.3 is 0 Å². The first-order valence-corrected chi connectivity index (χ1v) is 8.89. The van der Waals surface area contributed by atoms with Crippen molar-refractivity contribution in [1.29, 1.82) is 0 Å². The number of benzene rings is 1. The van der Waals surface area contributed by atoms with Crippen LogP contribution in [0, 0.1) is 11.8 Å². The van der Waals surface area contributed by atoms with Gasteiger partial charge < -0.3 is 13.9 Å². The number of furan rings is 1. The van der Waals surface area contributed by atoms with Crippen LogP contribution in [-0.4, -0.2) is 30.6 Å². The number of carbonyl (C=O) groups excluding carboxylic acids is 1. The Hall–Kier alpha value is -2.64. The minimum Gasteiger partial charge on any atom is -0.453 e. The number of carbonyl (C=O) groups is 1. The Bertz CT molecular complexity index is 959. The van der Waals surface area contributed by atoms with Gasteiger partial charge in [0.2, 0.25) is 0 Å². The highest BCUT2D eigenvalue weighted by molar-refractivity contribution is 6.06. The van der Waals surface area contributed by atoms with Gasteiger partial charge in [0.1, 0.15) is 18.1 Å². The van der Waals surface area contributed by atoms with Gasteiger partial charge in [0, 0.05) is 17.2 Å². The Balaban J connectivity index is 1.38. The number of Topliss-reactive ketones (excluding diaryl/α,β-unsaturated/α-hetero) is 1. The molecule has 4 atom stereocenters. The van der Waals surface area contributed by atoms with Crippen LogP contribution in [0.2, 0.25) is 0 Å². The molecule has 1 saturated heterocycles. The summed E-state index contributed by atoms with van der Waals surface area (Å²) in [6.07, 6.45) is 1.53. The monoisotopic (exact) mass is 351 g/mol. The number of nitrogens with one attached hydrogen (secondary N) is 2. The second-order valence-electron chi connectivity index (χ2n) is 7.20. The summed E-state index contributed by atoms with van der Waals surface area (Å²) in [5.74, 6) is 1.33. The van der Waals surface area contributed by atoms with Crippen molar-refractivity contribution in [3.63, 3.8) is 0 Å². The highest BCUT2D eigenvalue weighted by atomic mass is 16.7. The summed E-state index contributed by atoms with van der Waals surface area (Å²) in [6.45, 7) is 0.322. The number of ketones is 1. The number of nitrogens with zero attached hydrogens (tertiary/aromatic N) is 1. The third-order valence-electron chi connectivity index (χ3n) is 5.82. The molecule has 2 aliphatic heterocycles. The average molecular weight is 351 g/mol. The number of hydrogen-bond acceptors (Lipinski definition) is 7. The molecule has 4 aliphatic rings. The smallest absolute Gasteiger partial charge is 0.188 e. The normalized spacial score (nSPS) is 32.6. The largest absolute Gasteiger partial charge is 0.453 e. The van der Waals surface area contributed by atoms with E-state index in [1.165, 1.54) is 0 Å². The van der Waals surface area contributed by atoms with E-state index in [0.717, 1.165) is 23.1 Å². The molecular weight excluding hydrogens is 334 g/mol. The summed E-state index contributed by atoms with van der Waals surface area (Å²) in [6, 6.07) is 9.78. The molecule has 0 radical (unpaired) electrons. The Morgan fingerprint density at radius 1 is 1.04 bits per heavy atom. The summed E-state index contributed by atoms with van der Waals surface area (Å²) >= 11 is 0. The topological polar surface area (TPSA) is 85.1 Å². The zero-order chi connectivity index (χ0) is 17.3. The number of aliphatic imine (C=N–C) groups is 1. The number of allylic oxidation sites excluding steroid dienone is 2. The van der Waals surface area contributed by atoms with Crippen LogP contribution >= 0.6 is 0 Å². The van der Waals surface area contributed by atoms with E-state index in [9.17, 15) is 4.79 Å². The number of fused-ring (bicyclic) bond motifs is 4. The van der Waals surface area contributed by atoms with Gasteiger partial charge in [-0.2, -0.15) is 0 Å². The molecule has 0 bridgehead atoms. The molecule has 2 aromatic rings. The molecule has 1 saturated carbocycles. The van der Waals surface area contributed by atoms with Crippen LogP contribution < -0.4 is 10.9 Å². The maximum absolute atomic E-state index is 12.8.